The molecule has 3 aromatic carbocycles. The second-order valence-corrected chi connectivity index (χ2v) is 11.7. The van der Waals surface area contributed by atoms with Crippen molar-refractivity contribution in [1.82, 2.24) is 0 Å². The van der Waals surface area contributed by atoms with E-state index in [4.69, 9.17) is 9.47 Å². The van der Waals surface area contributed by atoms with E-state index in [1.54, 1.807) is 0 Å². The molecule has 0 spiro atoms. The summed E-state index contributed by atoms with van der Waals surface area (Å²) in [6, 6.07) is 24.8. The third-order valence-electron chi connectivity index (χ3n) is 8.70. The Hall–Kier alpha value is -3.53. The summed E-state index contributed by atoms with van der Waals surface area (Å²) in [5.41, 5.74) is 6.42. The Morgan fingerprint density at radius 2 is 1.46 bits per heavy atom. The van der Waals surface area contributed by atoms with Crippen LogP contribution in [-0.4, -0.2) is 11.1 Å². The second kappa shape index (κ2) is 14.9. The maximum atomic E-state index is 12.0. The van der Waals surface area contributed by atoms with Crippen molar-refractivity contribution < 1.29 is 19.4 Å². The van der Waals surface area contributed by atoms with E-state index in [1.165, 1.54) is 5.56 Å². The third-order valence-corrected chi connectivity index (χ3v) is 8.70. The van der Waals surface area contributed by atoms with Crippen LogP contribution < -0.4 is 9.47 Å². The quantitative estimate of drug-likeness (QED) is 0.215. The molecule has 0 saturated heterocycles. The number of aliphatic carboxylic acids is 1. The van der Waals surface area contributed by atoms with Gasteiger partial charge in [-0.2, -0.15) is 0 Å². The first-order chi connectivity index (χ1) is 19.9. The summed E-state index contributed by atoms with van der Waals surface area (Å²) in [4.78, 5) is 12.0. The fraction of sp³-hybridized carbons (Fsp3) is 0.432. The highest BCUT2D eigenvalue weighted by molar-refractivity contribution is 5.83. The second-order valence-electron chi connectivity index (χ2n) is 11.7. The highest BCUT2D eigenvalue weighted by Gasteiger charge is 2.29. The van der Waals surface area contributed by atoms with Crippen LogP contribution in [0.4, 0.5) is 0 Å². The minimum absolute atomic E-state index is 0.0493. The van der Waals surface area contributed by atoms with Crippen LogP contribution in [0.1, 0.15) is 101 Å². The lowest BCUT2D eigenvalue weighted by atomic mass is 9.77. The first-order valence-electron chi connectivity index (χ1n) is 15.3. The average molecular weight is 555 g/mol. The number of carboxylic acids is 1. The third kappa shape index (κ3) is 8.25. The van der Waals surface area contributed by atoms with Crippen LogP contribution in [0.5, 0.6) is 11.5 Å². The molecule has 3 aromatic rings. The van der Waals surface area contributed by atoms with Gasteiger partial charge in [0, 0.05) is 0 Å². The zero-order valence-corrected chi connectivity index (χ0v) is 25.2. The Kier molecular flexibility index (Phi) is 11.1. The monoisotopic (exact) mass is 554 g/mol. The number of carbonyl (C=O) groups is 1. The van der Waals surface area contributed by atoms with Gasteiger partial charge in [0.15, 0.2) is 0 Å². The molecule has 1 aliphatic rings. The molecule has 0 heterocycles. The topological polar surface area (TPSA) is 55.8 Å². The first kappa shape index (κ1) is 30.4. The SMILES string of the molecule is CCCC(C)C(C)c1cc(OCc2ccccc2)c(C2=C(CC(=O)O)CCC(CC)C2)c(OCc2ccccc2)c1. The van der Waals surface area contributed by atoms with Gasteiger partial charge in [0.2, 0.25) is 0 Å². The highest BCUT2D eigenvalue weighted by atomic mass is 16.5. The maximum absolute atomic E-state index is 12.0. The summed E-state index contributed by atoms with van der Waals surface area (Å²) in [5, 5.41) is 9.83. The number of carboxylic acid groups (broad SMARTS) is 1. The molecular formula is C37H46O4. The van der Waals surface area contributed by atoms with Gasteiger partial charge >= 0.3 is 5.97 Å². The average Bonchev–Trinajstić information content (AvgIpc) is 2.99. The van der Waals surface area contributed by atoms with Crippen molar-refractivity contribution in [1.29, 1.82) is 0 Å². The number of ether oxygens (including phenoxy) is 2. The zero-order chi connectivity index (χ0) is 29.2. The number of benzene rings is 3. The van der Waals surface area contributed by atoms with Crippen molar-refractivity contribution in [2.75, 3.05) is 0 Å². The van der Waals surface area contributed by atoms with E-state index in [9.17, 15) is 9.90 Å². The van der Waals surface area contributed by atoms with Gasteiger partial charge in [-0.15, -0.1) is 0 Å². The summed E-state index contributed by atoms with van der Waals surface area (Å²) < 4.78 is 13.3. The lowest BCUT2D eigenvalue weighted by molar-refractivity contribution is -0.136. The lowest BCUT2D eigenvalue weighted by Gasteiger charge is -2.30. The van der Waals surface area contributed by atoms with E-state index in [2.05, 4.69) is 64.1 Å². The first-order valence-corrected chi connectivity index (χ1v) is 15.3. The summed E-state index contributed by atoms with van der Waals surface area (Å²) in [6.07, 6.45) is 6.05. The molecule has 4 rings (SSSR count). The molecule has 0 bridgehead atoms. The van der Waals surface area contributed by atoms with E-state index in [-0.39, 0.29) is 6.42 Å². The van der Waals surface area contributed by atoms with Crippen LogP contribution in [0, 0.1) is 11.8 Å². The normalized spacial score (nSPS) is 16.7. The minimum Gasteiger partial charge on any atom is -0.488 e. The molecular weight excluding hydrogens is 508 g/mol. The van der Waals surface area contributed by atoms with Gasteiger partial charge in [-0.3, -0.25) is 4.79 Å². The molecule has 0 amide bonds. The smallest absolute Gasteiger partial charge is 0.307 e. The summed E-state index contributed by atoms with van der Waals surface area (Å²) in [5.74, 6) is 2.14. The highest BCUT2D eigenvalue weighted by Crippen LogP contribution is 2.47. The Morgan fingerprint density at radius 1 is 0.902 bits per heavy atom. The van der Waals surface area contributed by atoms with Crippen LogP contribution in [0.25, 0.3) is 5.57 Å². The number of hydrogen-bond donors (Lipinski definition) is 1. The van der Waals surface area contributed by atoms with Crippen LogP contribution in [-0.2, 0) is 18.0 Å². The van der Waals surface area contributed by atoms with E-state index in [1.807, 2.05) is 36.4 Å². The fourth-order valence-electron chi connectivity index (χ4n) is 5.97. The Balaban J connectivity index is 1.87. The fourth-order valence-corrected chi connectivity index (χ4v) is 5.97. The van der Waals surface area contributed by atoms with Crippen molar-refractivity contribution in [3.63, 3.8) is 0 Å². The molecule has 0 aromatic heterocycles. The van der Waals surface area contributed by atoms with Crippen LogP contribution in [0.2, 0.25) is 0 Å². The van der Waals surface area contributed by atoms with Gasteiger partial charge in [-0.25, -0.2) is 0 Å². The standard InChI is InChI=1S/C37H46O4/c1-5-13-26(3)27(4)32-21-34(40-24-29-14-9-7-10-15-29)37(35(22-32)41-25-30-16-11-8-12-17-30)33-20-28(6-2)18-19-31(33)23-36(38)39/h7-12,14-17,21-22,26-28H,5-6,13,18-20,23-25H2,1-4H3,(H,38,39). The van der Waals surface area contributed by atoms with Gasteiger partial charge in [0.25, 0.3) is 0 Å². The van der Waals surface area contributed by atoms with E-state index in [0.29, 0.717) is 31.0 Å². The van der Waals surface area contributed by atoms with Crippen LogP contribution in [0.15, 0.2) is 78.4 Å². The molecule has 0 aliphatic heterocycles. The van der Waals surface area contributed by atoms with E-state index in [0.717, 1.165) is 77.9 Å². The minimum atomic E-state index is -0.787. The number of rotatable bonds is 14. The summed E-state index contributed by atoms with van der Waals surface area (Å²) in [7, 11) is 0. The van der Waals surface area contributed by atoms with Gasteiger partial charge in [0.05, 0.1) is 12.0 Å². The van der Waals surface area contributed by atoms with E-state index >= 15 is 0 Å². The Labute approximate surface area is 246 Å². The molecule has 1 aliphatic carbocycles. The predicted octanol–water partition coefficient (Wildman–Crippen LogP) is 9.82. The maximum Gasteiger partial charge on any atom is 0.307 e. The lowest BCUT2D eigenvalue weighted by Crippen LogP contribution is -2.14. The van der Waals surface area contributed by atoms with Gasteiger partial charge < -0.3 is 14.6 Å². The molecule has 1 N–H and O–H groups in total. The summed E-state index contributed by atoms with van der Waals surface area (Å²) >= 11 is 0. The molecule has 0 radical (unpaired) electrons. The molecule has 0 saturated carbocycles. The van der Waals surface area contributed by atoms with Crippen LogP contribution >= 0.6 is 0 Å². The zero-order valence-electron chi connectivity index (χ0n) is 25.2. The molecule has 4 heteroatoms. The van der Waals surface area contributed by atoms with E-state index < -0.39 is 5.97 Å². The predicted molar refractivity (Wildman–Crippen MR) is 167 cm³/mol. The molecule has 0 fully saturated rings. The molecule has 4 nitrogen and oxygen atoms in total. The van der Waals surface area contributed by atoms with Gasteiger partial charge in [-0.1, -0.05) is 113 Å². The van der Waals surface area contributed by atoms with Crippen molar-refractivity contribution >= 4 is 11.5 Å². The van der Waals surface area contributed by atoms with Crippen LogP contribution in [0.3, 0.4) is 0 Å². The number of hydrogen-bond acceptors (Lipinski definition) is 3. The molecule has 3 unspecified atom stereocenters. The van der Waals surface area contributed by atoms with Crippen molar-refractivity contribution in [2.45, 2.75) is 91.8 Å². The molecule has 218 valence electrons. The molecule has 3 atom stereocenters. The van der Waals surface area contributed by atoms with Crippen molar-refractivity contribution in [3.8, 4) is 11.5 Å². The van der Waals surface area contributed by atoms with Crippen molar-refractivity contribution in [3.05, 3.63) is 101 Å². The van der Waals surface area contributed by atoms with Gasteiger partial charge in [0.1, 0.15) is 24.7 Å². The Morgan fingerprint density at radius 3 is 1.95 bits per heavy atom. The van der Waals surface area contributed by atoms with Gasteiger partial charge in [-0.05, 0) is 71.4 Å². The molecule has 41 heavy (non-hydrogen) atoms. The summed E-state index contributed by atoms with van der Waals surface area (Å²) in [6.45, 7) is 9.95. The largest absolute Gasteiger partial charge is 0.488 e. The Bertz CT molecular complexity index is 1230. The van der Waals surface area contributed by atoms with Crippen molar-refractivity contribution in [2.24, 2.45) is 11.8 Å². The number of allylic oxidation sites excluding steroid dienone is 1.